The minimum atomic E-state index is 0.285. The van der Waals surface area contributed by atoms with Crippen molar-refractivity contribution in [2.45, 2.75) is 26.3 Å². The van der Waals surface area contributed by atoms with E-state index in [1.165, 1.54) is 34.4 Å². The average Bonchev–Trinajstić information content (AvgIpc) is 2.51. The maximum Gasteiger partial charge on any atom is 0.0579 e. The number of hydrogen-bond donors (Lipinski definition) is 1. The number of thioether (sulfide) groups is 1. The highest BCUT2D eigenvalue weighted by Gasteiger charge is 2.15. The molecule has 0 fully saturated rings. The third-order valence-corrected chi connectivity index (χ3v) is 4.45. The molecular formula is C19H25NS. The molecule has 2 aromatic rings. The topological polar surface area (TPSA) is 12.0 Å². The van der Waals surface area contributed by atoms with E-state index in [4.69, 9.17) is 0 Å². The molecule has 0 aliphatic rings. The Morgan fingerprint density at radius 2 is 1.81 bits per heavy atom. The van der Waals surface area contributed by atoms with Gasteiger partial charge in [0, 0.05) is 0 Å². The van der Waals surface area contributed by atoms with Crippen LogP contribution >= 0.6 is 11.8 Å². The summed E-state index contributed by atoms with van der Waals surface area (Å²) in [5, 5.41) is 3.74. The van der Waals surface area contributed by atoms with Gasteiger partial charge < -0.3 is 5.32 Å². The summed E-state index contributed by atoms with van der Waals surface area (Å²) in [5.41, 5.74) is 5.41. The van der Waals surface area contributed by atoms with Crippen molar-refractivity contribution >= 4 is 11.8 Å². The number of aryl methyl sites for hydroxylation is 2. The van der Waals surface area contributed by atoms with E-state index in [-0.39, 0.29) is 6.04 Å². The molecule has 0 aliphatic heterocycles. The molecule has 0 heterocycles. The Morgan fingerprint density at radius 1 is 1.05 bits per heavy atom. The van der Waals surface area contributed by atoms with Crippen LogP contribution in [0.5, 0.6) is 0 Å². The average molecular weight is 299 g/mol. The first kappa shape index (κ1) is 16.1. The van der Waals surface area contributed by atoms with Crippen LogP contribution in [0, 0.1) is 13.8 Å². The van der Waals surface area contributed by atoms with E-state index >= 15 is 0 Å². The number of nitrogens with one attached hydrogen (secondary N) is 1. The molecular weight excluding hydrogens is 274 g/mol. The van der Waals surface area contributed by atoms with Crippen molar-refractivity contribution in [1.29, 1.82) is 0 Å². The van der Waals surface area contributed by atoms with Crippen molar-refractivity contribution in [2.24, 2.45) is 0 Å². The van der Waals surface area contributed by atoms with E-state index in [1.807, 2.05) is 11.8 Å². The predicted octanol–water partition coefficient (Wildman–Crippen LogP) is 4.74. The van der Waals surface area contributed by atoms with Crippen LogP contribution in [0.4, 0.5) is 0 Å². The van der Waals surface area contributed by atoms with Crippen molar-refractivity contribution in [3.63, 3.8) is 0 Å². The Bertz CT molecular complexity index is 551. The Labute approximate surface area is 133 Å². The molecule has 0 bridgehead atoms. The van der Waals surface area contributed by atoms with Gasteiger partial charge in [0.15, 0.2) is 0 Å². The third kappa shape index (κ3) is 4.62. The molecule has 1 atom stereocenters. The lowest BCUT2D eigenvalue weighted by Crippen LogP contribution is -2.24. The fourth-order valence-electron chi connectivity index (χ4n) is 2.59. The van der Waals surface area contributed by atoms with Crippen molar-refractivity contribution in [3.05, 3.63) is 70.8 Å². The van der Waals surface area contributed by atoms with Gasteiger partial charge in [0.1, 0.15) is 0 Å². The Kier molecular flexibility index (Phi) is 6.34. The first-order valence-corrected chi connectivity index (χ1v) is 8.96. The molecule has 2 heteroatoms. The number of hydrogen-bond acceptors (Lipinski definition) is 2. The second kappa shape index (κ2) is 8.26. The van der Waals surface area contributed by atoms with Gasteiger partial charge in [-0.3, -0.25) is 0 Å². The van der Waals surface area contributed by atoms with Crippen LogP contribution in [0.25, 0.3) is 0 Å². The second-order valence-electron chi connectivity index (χ2n) is 5.50. The quantitative estimate of drug-likeness (QED) is 0.741. The normalized spacial score (nSPS) is 12.3. The highest BCUT2D eigenvalue weighted by Crippen LogP contribution is 2.25. The summed E-state index contributed by atoms with van der Waals surface area (Å²) in [4.78, 5) is 0. The van der Waals surface area contributed by atoms with E-state index in [1.54, 1.807) is 0 Å². The molecule has 112 valence electrons. The number of benzene rings is 2. The minimum Gasteiger partial charge on any atom is -0.306 e. The minimum absolute atomic E-state index is 0.285. The molecule has 0 amide bonds. The van der Waals surface area contributed by atoms with Gasteiger partial charge in [-0.1, -0.05) is 54.1 Å². The largest absolute Gasteiger partial charge is 0.306 e. The fourth-order valence-corrected chi connectivity index (χ4v) is 3.02. The molecule has 1 unspecified atom stereocenters. The van der Waals surface area contributed by atoms with Crippen molar-refractivity contribution < 1.29 is 0 Å². The highest BCUT2D eigenvalue weighted by molar-refractivity contribution is 7.98. The molecule has 1 nitrogen and oxygen atoms in total. The summed E-state index contributed by atoms with van der Waals surface area (Å²) in [6.07, 6.45) is 3.37. The fraction of sp³-hybridized carbons (Fsp3) is 0.368. The monoisotopic (exact) mass is 299 g/mol. The number of rotatable bonds is 7. The first-order valence-electron chi connectivity index (χ1n) is 7.57. The van der Waals surface area contributed by atoms with Gasteiger partial charge in [-0.15, -0.1) is 0 Å². The SMILES string of the molecule is CSCCCNC(c1ccccc1)c1cc(C)ccc1C. The van der Waals surface area contributed by atoms with E-state index in [9.17, 15) is 0 Å². The second-order valence-corrected chi connectivity index (χ2v) is 6.49. The lowest BCUT2D eigenvalue weighted by Gasteiger charge is -2.22. The molecule has 1 N–H and O–H groups in total. The summed E-state index contributed by atoms with van der Waals surface area (Å²) in [6.45, 7) is 5.42. The molecule has 0 radical (unpaired) electrons. The van der Waals surface area contributed by atoms with Crippen LogP contribution in [-0.4, -0.2) is 18.6 Å². The Morgan fingerprint density at radius 3 is 2.52 bits per heavy atom. The Balaban J connectivity index is 2.25. The molecule has 0 spiro atoms. The van der Waals surface area contributed by atoms with E-state index in [0.717, 1.165) is 6.54 Å². The van der Waals surface area contributed by atoms with Crippen molar-refractivity contribution in [1.82, 2.24) is 5.32 Å². The van der Waals surface area contributed by atoms with E-state index < -0.39 is 0 Å². The third-order valence-electron chi connectivity index (χ3n) is 3.75. The zero-order valence-corrected chi connectivity index (χ0v) is 14.0. The highest BCUT2D eigenvalue weighted by atomic mass is 32.2. The summed E-state index contributed by atoms with van der Waals surface area (Å²) >= 11 is 1.91. The lowest BCUT2D eigenvalue weighted by molar-refractivity contribution is 0.598. The molecule has 2 rings (SSSR count). The van der Waals surface area contributed by atoms with Gasteiger partial charge >= 0.3 is 0 Å². The van der Waals surface area contributed by atoms with E-state index in [2.05, 4.69) is 74.0 Å². The Hall–Kier alpha value is -1.25. The molecule has 2 aromatic carbocycles. The van der Waals surface area contributed by atoms with Crippen LogP contribution in [0.15, 0.2) is 48.5 Å². The molecule has 21 heavy (non-hydrogen) atoms. The van der Waals surface area contributed by atoms with Gasteiger partial charge in [0.2, 0.25) is 0 Å². The van der Waals surface area contributed by atoms with Gasteiger partial charge in [-0.05, 0) is 55.5 Å². The van der Waals surface area contributed by atoms with Crippen LogP contribution in [0.3, 0.4) is 0 Å². The zero-order chi connectivity index (χ0) is 15.1. The van der Waals surface area contributed by atoms with Gasteiger partial charge in [-0.25, -0.2) is 0 Å². The summed E-state index contributed by atoms with van der Waals surface area (Å²) in [7, 11) is 0. The molecule has 0 saturated heterocycles. The smallest absolute Gasteiger partial charge is 0.0579 e. The van der Waals surface area contributed by atoms with Crippen molar-refractivity contribution in [3.8, 4) is 0 Å². The molecule has 0 aliphatic carbocycles. The summed E-state index contributed by atoms with van der Waals surface area (Å²) < 4.78 is 0. The molecule has 0 saturated carbocycles. The zero-order valence-electron chi connectivity index (χ0n) is 13.2. The summed E-state index contributed by atoms with van der Waals surface area (Å²) in [6, 6.07) is 17.8. The van der Waals surface area contributed by atoms with Gasteiger partial charge in [0.25, 0.3) is 0 Å². The first-order chi connectivity index (χ1) is 10.2. The maximum absolute atomic E-state index is 3.74. The molecule has 0 aromatic heterocycles. The summed E-state index contributed by atoms with van der Waals surface area (Å²) in [5.74, 6) is 1.21. The van der Waals surface area contributed by atoms with Gasteiger partial charge in [-0.2, -0.15) is 11.8 Å². The van der Waals surface area contributed by atoms with Crippen molar-refractivity contribution in [2.75, 3.05) is 18.6 Å². The predicted molar refractivity (Wildman–Crippen MR) is 95.2 cm³/mol. The lowest BCUT2D eigenvalue weighted by atomic mass is 9.93. The van der Waals surface area contributed by atoms with Crippen LogP contribution < -0.4 is 5.32 Å². The maximum atomic E-state index is 3.74. The van der Waals surface area contributed by atoms with Gasteiger partial charge in [0.05, 0.1) is 6.04 Å². The van der Waals surface area contributed by atoms with Crippen LogP contribution in [0.2, 0.25) is 0 Å². The van der Waals surface area contributed by atoms with Crippen LogP contribution in [-0.2, 0) is 0 Å². The van der Waals surface area contributed by atoms with E-state index in [0.29, 0.717) is 0 Å². The van der Waals surface area contributed by atoms with Crippen LogP contribution in [0.1, 0.15) is 34.7 Å². The standard InChI is InChI=1S/C19H25NS/c1-15-10-11-16(2)18(14-15)19(20-12-7-13-21-3)17-8-5-4-6-9-17/h4-6,8-11,14,19-20H,7,12-13H2,1-3H3.